The van der Waals surface area contributed by atoms with E-state index in [1.54, 1.807) is 30.5 Å². The predicted molar refractivity (Wildman–Crippen MR) is 108 cm³/mol. The van der Waals surface area contributed by atoms with Gasteiger partial charge in [0, 0.05) is 23.9 Å². The molecule has 0 saturated carbocycles. The van der Waals surface area contributed by atoms with Gasteiger partial charge in [0.15, 0.2) is 11.5 Å². The number of hydrogen-bond donors (Lipinski definition) is 2. The number of ether oxygens (including phenoxy) is 3. The number of aromatic nitrogens is 1. The van der Waals surface area contributed by atoms with E-state index in [0.717, 1.165) is 18.4 Å². The Morgan fingerprint density at radius 1 is 1.07 bits per heavy atom. The molecule has 0 fully saturated rings. The topological polar surface area (TPSA) is 98.8 Å². The van der Waals surface area contributed by atoms with Crippen LogP contribution in [0.2, 0.25) is 0 Å². The van der Waals surface area contributed by atoms with Crippen LogP contribution >= 0.6 is 0 Å². The molecule has 0 unspecified atom stereocenters. The van der Waals surface area contributed by atoms with Gasteiger partial charge in [-0.1, -0.05) is 19.4 Å². The van der Waals surface area contributed by atoms with Gasteiger partial charge in [-0.05, 0) is 30.7 Å². The Balaban J connectivity index is 1.85. The van der Waals surface area contributed by atoms with Crippen molar-refractivity contribution in [3.63, 3.8) is 0 Å². The minimum Gasteiger partial charge on any atom is -0.493 e. The molecule has 1 aromatic carbocycles. The van der Waals surface area contributed by atoms with Gasteiger partial charge in [0.05, 0.1) is 27.4 Å². The number of unbranched alkanes of at least 4 members (excludes halogenated alkanes) is 1. The Kier molecular flexibility index (Phi) is 8.75. The molecule has 0 aliphatic carbocycles. The summed E-state index contributed by atoms with van der Waals surface area (Å²) in [4.78, 5) is 28.6. The van der Waals surface area contributed by atoms with Crippen LogP contribution in [0.3, 0.4) is 0 Å². The standard InChI is InChI=1S/C21H27N3O5/c1-4-5-11-29-21-16(7-6-10-22-21)13-23-19(25)14-24-20(26)15-8-9-17(27-2)18(12-15)28-3/h6-10,12H,4-5,11,13-14H2,1-3H3,(H,23,25)(H,24,26). The second-order valence-corrected chi connectivity index (χ2v) is 6.20. The monoisotopic (exact) mass is 401 g/mol. The summed E-state index contributed by atoms with van der Waals surface area (Å²) < 4.78 is 16.0. The van der Waals surface area contributed by atoms with Gasteiger partial charge in [0.25, 0.3) is 5.91 Å². The first-order valence-electron chi connectivity index (χ1n) is 9.42. The van der Waals surface area contributed by atoms with Gasteiger partial charge in [-0.2, -0.15) is 0 Å². The summed E-state index contributed by atoms with van der Waals surface area (Å²) in [5.74, 6) is 0.774. The van der Waals surface area contributed by atoms with Gasteiger partial charge in [-0.15, -0.1) is 0 Å². The van der Waals surface area contributed by atoms with Crippen molar-refractivity contribution in [1.82, 2.24) is 15.6 Å². The van der Waals surface area contributed by atoms with Crippen LogP contribution in [0.4, 0.5) is 0 Å². The SMILES string of the molecule is CCCCOc1ncccc1CNC(=O)CNC(=O)c1ccc(OC)c(OC)c1. The van der Waals surface area contributed by atoms with E-state index in [-0.39, 0.29) is 24.9 Å². The van der Waals surface area contributed by atoms with Gasteiger partial charge in [-0.25, -0.2) is 4.98 Å². The highest BCUT2D eigenvalue weighted by Crippen LogP contribution is 2.27. The Bertz CT molecular complexity index is 826. The molecule has 0 aliphatic rings. The molecular formula is C21H27N3O5. The molecule has 0 saturated heterocycles. The van der Waals surface area contributed by atoms with E-state index >= 15 is 0 Å². The highest BCUT2D eigenvalue weighted by molar-refractivity contribution is 5.97. The lowest BCUT2D eigenvalue weighted by atomic mass is 10.2. The van der Waals surface area contributed by atoms with E-state index in [0.29, 0.717) is 29.5 Å². The number of carbonyl (C=O) groups is 2. The normalized spacial score (nSPS) is 10.2. The Labute approximate surface area is 170 Å². The first kappa shape index (κ1) is 22.0. The van der Waals surface area contributed by atoms with E-state index in [9.17, 15) is 9.59 Å². The zero-order chi connectivity index (χ0) is 21.1. The van der Waals surface area contributed by atoms with Crippen molar-refractivity contribution in [3.05, 3.63) is 47.7 Å². The van der Waals surface area contributed by atoms with Gasteiger partial charge in [0.2, 0.25) is 11.8 Å². The largest absolute Gasteiger partial charge is 0.493 e. The van der Waals surface area contributed by atoms with Crippen molar-refractivity contribution >= 4 is 11.8 Å². The Morgan fingerprint density at radius 3 is 2.59 bits per heavy atom. The summed E-state index contributed by atoms with van der Waals surface area (Å²) >= 11 is 0. The summed E-state index contributed by atoms with van der Waals surface area (Å²) in [5, 5.41) is 5.35. The molecule has 1 aromatic heterocycles. The molecule has 8 nitrogen and oxygen atoms in total. The van der Waals surface area contributed by atoms with Crippen LogP contribution in [0.25, 0.3) is 0 Å². The third-order valence-corrected chi connectivity index (χ3v) is 4.12. The average Bonchev–Trinajstić information content (AvgIpc) is 2.76. The lowest BCUT2D eigenvalue weighted by Crippen LogP contribution is -2.36. The summed E-state index contributed by atoms with van der Waals surface area (Å²) in [5.41, 5.74) is 1.15. The number of carbonyl (C=O) groups excluding carboxylic acids is 2. The molecule has 2 amide bonds. The lowest BCUT2D eigenvalue weighted by Gasteiger charge is -2.12. The minimum atomic E-state index is -0.383. The Morgan fingerprint density at radius 2 is 1.86 bits per heavy atom. The average molecular weight is 401 g/mol. The van der Waals surface area contributed by atoms with Crippen LogP contribution in [0.5, 0.6) is 17.4 Å². The number of pyridine rings is 1. The van der Waals surface area contributed by atoms with Crippen molar-refractivity contribution in [2.45, 2.75) is 26.3 Å². The van der Waals surface area contributed by atoms with E-state index < -0.39 is 0 Å². The third kappa shape index (κ3) is 6.67. The van der Waals surface area contributed by atoms with Crippen LogP contribution in [-0.2, 0) is 11.3 Å². The first-order valence-corrected chi connectivity index (χ1v) is 9.42. The maximum absolute atomic E-state index is 12.3. The summed E-state index contributed by atoms with van der Waals surface area (Å²) in [6, 6.07) is 8.42. The number of methoxy groups -OCH3 is 2. The fraction of sp³-hybridized carbons (Fsp3) is 0.381. The number of nitrogens with zero attached hydrogens (tertiary/aromatic N) is 1. The number of hydrogen-bond acceptors (Lipinski definition) is 6. The van der Waals surface area contributed by atoms with Crippen molar-refractivity contribution in [3.8, 4) is 17.4 Å². The second-order valence-electron chi connectivity index (χ2n) is 6.20. The number of rotatable bonds is 11. The highest BCUT2D eigenvalue weighted by Gasteiger charge is 2.12. The highest BCUT2D eigenvalue weighted by atomic mass is 16.5. The summed E-state index contributed by atoms with van der Waals surface area (Å²) in [7, 11) is 3.01. The fourth-order valence-electron chi connectivity index (χ4n) is 2.50. The third-order valence-electron chi connectivity index (χ3n) is 4.12. The first-order chi connectivity index (χ1) is 14.1. The predicted octanol–water partition coefficient (Wildman–Crippen LogP) is 2.32. The molecule has 29 heavy (non-hydrogen) atoms. The smallest absolute Gasteiger partial charge is 0.251 e. The zero-order valence-electron chi connectivity index (χ0n) is 17.0. The van der Waals surface area contributed by atoms with Crippen molar-refractivity contribution in [2.75, 3.05) is 27.4 Å². The summed E-state index contributed by atoms with van der Waals surface area (Å²) in [6.07, 6.45) is 3.61. The molecule has 0 spiro atoms. The lowest BCUT2D eigenvalue weighted by molar-refractivity contribution is -0.120. The molecule has 0 radical (unpaired) electrons. The molecule has 2 N–H and O–H groups in total. The van der Waals surface area contributed by atoms with Crippen LogP contribution < -0.4 is 24.8 Å². The number of nitrogens with one attached hydrogen (secondary N) is 2. The zero-order valence-corrected chi connectivity index (χ0v) is 17.0. The van der Waals surface area contributed by atoms with Crippen molar-refractivity contribution in [2.24, 2.45) is 0 Å². The van der Waals surface area contributed by atoms with Crippen molar-refractivity contribution < 1.29 is 23.8 Å². The van der Waals surface area contributed by atoms with E-state index in [1.807, 2.05) is 6.07 Å². The maximum Gasteiger partial charge on any atom is 0.251 e. The van der Waals surface area contributed by atoms with E-state index in [1.165, 1.54) is 14.2 Å². The fourth-order valence-corrected chi connectivity index (χ4v) is 2.50. The molecule has 1 heterocycles. The van der Waals surface area contributed by atoms with Gasteiger partial charge in [-0.3, -0.25) is 9.59 Å². The molecule has 156 valence electrons. The minimum absolute atomic E-state index is 0.153. The van der Waals surface area contributed by atoms with E-state index in [2.05, 4.69) is 22.5 Å². The van der Waals surface area contributed by atoms with Crippen LogP contribution in [0.1, 0.15) is 35.7 Å². The molecule has 8 heteroatoms. The molecule has 2 aromatic rings. The molecule has 2 rings (SSSR count). The maximum atomic E-state index is 12.3. The van der Waals surface area contributed by atoms with Gasteiger partial charge >= 0.3 is 0 Å². The Hall–Kier alpha value is -3.29. The second kappa shape index (κ2) is 11.5. The molecule has 0 atom stereocenters. The number of amides is 2. The molecular weight excluding hydrogens is 374 g/mol. The number of benzene rings is 1. The van der Waals surface area contributed by atoms with Gasteiger partial charge in [0.1, 0.15) is 0 Å². The van der Waals surface area contributed by atoms with Crippen LogP contribution in [0.15, 0.2) is 36.5 Å². The molecule has 0 bridgehead atoms. The van der Waals surface area contributed by atoms with Crippen molar-refractivity contribution in [1.29, 1.82) is 0 Å². The van der Waals surface area contributed by atoms with Crippen LogP contribution in [-0.4, -0.2) is 44.2 Å². The van der Waals surface area contributed by atoms with Gasteiger partial charge < -0.3 is 24.8 Å². The molecule has 0 aliphatic heterocycles. The van der Waals surface area contributed by atoms with Crippen LogP contribution in [0, 0.1) is 0 Å². The van der Waals surface area contributed by atoms with E-state index in [4.69, 9.17) is 14.2 Å². The quantitative estimate of drug-likeness (QED) is 0.561. The summed E-state index contributed by atoms with van der Waals surface area (Å²) in [6.45, 7) is 2.77.